The van der Waals surface area contributed by atoms with Crippen molar-refractivity contribution in [1.82, 2.24) is 10.2 Å². The van der Waals surface area contributed by atoms with Crippen molar-refractivity contribution < 1.29 is 23.9 Å². The summed E-state index contributed by atoms with van der Waals surface area (Å²) in [6.07, 6.45) is -0.328. The first-order valence-corrected chi connectivity index (χ1v) is 9.94. The monoisotopic (exact) mass is 410 g/mol. The maximum Gasteiger partial charge on any atom is 0.408 e. The zero-order valence-corrected chi connectivity index (χ0v) is 17.1. The van der Waals surface area contributed by atoms with E-state index in [1.807, 2.05) is 74.5 Å². The molecule has 1 N–H and O–H groups in total. The fraction of sp³-hybridized carbons (Fsp3) is 0.348. The molecule has 1 aliphatic heterocycles. The lowest BCUT2D eigenvalue weighted by Gasteiger charge is -2.28. The number of carbonyl (C=O) groups excluding carboxylic acids is 3. The average Bonchev–Trinajstić information content (AvgIpc) is 3.11. The molecule has 158 valence electrons. The van der Waals surface area contributed by atoms with Gasteiger partial charge in [-0.15, -0.1) is 0 Å². The van der Waals surface area contributed by atoms with Crippen molar-refractivity contribution in [2.45, 2.75) is 39.0 Å². The van der Waals surface area contributed by atoms with Gasteiger partial charge in [0.1, 0.15) is 18.7 Å². The number of benzene rings is 2. The Bertz CT molecular complexity index is 870. The minimum absolute atomic E-state index is 0.105. The molecule has 7 nitrogen and oxygen atoms in total. The van der Waals surface area contributed by atoms with E-state index in [2.05, 4.69) is 5.32 Å². The normalized spacial score (nSPS) is 16.8. The Kier molecular flexibility index (Phi) is 7.06. The molecule has 1 aliphatic rings. The number of cyclic esters (lactones) is 1. The van der Waals surface area contributed by atoms with Gasteiger partial charge in [0.15, 0.2) is 6.73 Å². The van der Waals surface area contributed by atoms with E-state index in [0.717, 1.165) is 11.1 Å². The van der Waals surface area contributed by atoms with Gasteiger partial charge in [-0.25, -0.2) is 9.59 Å². The van der Waals surface area contributed by atoms with Crippen LogP contribution in [0.4, 0.5) is 4.79 Å². The fourth-order valence-electron chi connectivity index (χ4n) is 3.28. The number of nitrogens with zero attached hydrogens (tertiary/aromatic N) is 1. The smallest absolute Gasteiger partial charge is 0.408 e. The van der Waals surface area contributed by atoms with Crippen molar-refractivity contribution in [3.8, 4) is 0 Å². The van der Waals surface area contributed by atoms with E-state index >= 15 is 0 Å². The number of esters is 1. The van der Waals surface area contributed by atoms with Crippen molar-refractivity contribution >= 4 is 18.0 Å². The Hall–Kier alpha value is -3.35. The predicted octanol–water partition coefficient (Wildman–Crippen LogP) is 2.89. The van der Waals surface area contributed by atoms with E-state index in [9.17, 15) is 14.4 Å². The topological polar surface area (TPSA) is 84.9 Å². The van der Waals surface area contributed by atoms with Gasteiger partial charge in [0.25, 0.3) is 0 Å². The Balaban J connectivity index is 1.64. The lowest BCUT2D eigenvalue weighted by atomic mass is 10.0. The molecule has 0 aromatic heterocycles. The van der Waals surface area contributed by atoms with Crippen LogP contribution in [0.25, 0.3) is 0 Å². The number of alkyl carbamates (subject to hydrolysis) is 1. The first kappa shape index (κ1) is 21.4. The SMILES string of the molecule is CC(C)[C@H](NC(=O)OCc1ccccc1)C(=O)N1COC(=O)[C@@H]1Cc1ccccc1. The second-order valence-electron chi connectivity index (χ2n) is 7.53. The van der Waals surface area contributed by atoms with Gasteiger partial charge in [-0.1, -0.05) is 74.5 Å². The summed E-state index contributed by atoms with van der Waals surface area (Å²) in [5, 5.41) is 2.64. The van der Waals surface area contributed by atoms with Gasteiger partial charge >= 0.3 is 12.1 Å². The van der Waals surface area contributed by atoms with Gasteiger partial charge < -0.3 is 14.8 Å². The summed E-state index contributed by atoms with van der Waals surface area (Å²) in [6, 6.07) is 17.2. The standard InChI is InChI=1S/C23H26N2O5/c1-16(2)20(24-23(28)29-14-18-11-7-4-8-12-18)21(26)25-15-30-22(27)19(25)13-17-9-5-3-6-10-17/h3-12,16,19-20H,13-15H2,1-2H3,(H,24,28)/t19-,20-/m0/s1. The zero-order chi connectivity index (χ0) is 21.5. The van der Waals surface area contributed by atoms with Gasteiger partial charge in [-0.2, -0.15) is 0 Å². The van der Waals surface area contributed by atoms with Gasteiger partial charge in [-0.3, -0.25) is 9.69 Å². The van der Waals surface area contributed by atoms with Crippen LogP contribution in [0, 0.1) is 5.92 Å². The summed E-state index contributed by atoms with van der Waals surface area (Å²) < 4.78 is 10.4. The summed E-state index contributed by atoms with van der Waals surface area (Å²) in [4.78, 5) is 39.1. The highest BCUT2D eigenvalue weighted by Crippen LogP contribution is 2.20. The van der Waals surface area contributed by atoms with E-state index in [1.54, 1.807) is 0 Å². The predicted molar refractivity (Wildman–Crippen MR) is 110 cm³/mol. The van der Waals surface area contributed by atoms with E-state index in [4.69, 9.17) is 9.47 Å². The summed E-state index contributed by atoms with van der Waals surface area (Å²) in [5.41, 5.74) is 1.78. The number of amides is 2. The third-order valence-electron chi connectivity index (χ3n) is 4.97. The number of rotatable bonds is 7. The molecule has 30 heavy (non-hydrogen) atoms. The molecule has 2 amide bonds. The molecule has 3 rings (SSSR count). The van der Waals surface area contributed by atoms with Crippen LogP contribution >= 0.6 is 0 Å². The Morgan fingerprint density at radius 3 is 2.27 bits per heavy atom. The van der Waals surface area contributed by atoms with Crippen LogP contribution in [0.5, 0.6) is 0 Å². The van der Waals surface area contributed by atoms with Crippen LogP contribution in [0.15, 0.2) is 60.7 Å². The highest BCUT2D eigenvalue weighted by Gasteiger charge is 2.41. The second kappa shape index (κ2) is 9.91. The maximum absolute atomic E-state index is 13.2. The van der Waals surface area contributed by atoms with Crippen LogP contribution in [-0.2, 0) is 32.1 Å². The minimum Gasteiger partial charge on any atom is -0.445 e. The number of nitrogens with one attached hydrogen (secondary N) is 1. The molecule has 0 saturated carbocycles. The molecule has 1 fully saturated rings. The van der Waals surface area contributed by atoms with Crippen molar-refractivity contribution in [2.24, 2.45) is 5.92 Å². The third-order valence-corrected chi connectivity index (χ3v) is 4.97. The highest BCUT2D eigenvalue weighted by molar-refractivity contribution is 5.91. The summed E-state index contributed by atoms with van der Waals surface area (Å²) in [7, 11) is 0. The van der Waals surface area contributed by atoms with Crippen LogP contribution in [0.3, 0.4) is 0 Å². The van der Waals surface area contributed by atoms with Gasteiger partial charge in [0.05, 0.1) is 0 Å². The van der Waals surface area contributed by atoms with Crippen LogP contribution in [0.1, 0.15) is 25.0 Å². The quantitative estimate of drug-likeness (QED) is 0.710. The molecule has 1 heterocycles. The zero-order valence-electron chi connectivity index (χ0n) is 17.1. The maximum atomic E-state index is 13.2. The third kappa shape index (κ3) is 5.37. The molecule has 0 bridgehead atoms. The van der Waals surface area contributed by atoms with Gasteiger partial charge in [0.2, 0.25) is 5.91 Å². The first-order chi connectivity index (χ1) is 14.5. The largest absolute Gasteiger partial charge is 0.445 e. The molecule has 0 spiro atoms. The Morgan fingerprint density at radius 2 is 1.67 bits per heavy atom. The van der Waals surface area contributed by atoms with E-state index in [-0.39, 0.29) is 25.2 Å². The molecule has 0 radical (unpaired) electrons. The molecular formula is C23H26N2O5. The molecule has 0 unspecified atom stereocenters. The summed E-state index contributed by atoms with van der Waals surface area (Å²) >= 11 is 0. The van der Waals surface area contributed by atoms with Crippen LogP contribution in [0.2, 0.25) is 0 Å². The summed E-state index contributed by atoms with van der Waals surface area (Å²) in [6.45, 7) is 3.63. The summed E-state index contributed by atoms with van der Waals surface area (Å²) in [5.74, 6) is -1.01. The van der Waals surface area contributed by atoms with Crippen molar-refractivity contribution in [2.75, 3.05) is 6.73 Å². The van der Waals surface area contributed by atoms with Gasteiger partial charge in [0, 0.05) is 6.42 Å². The van der Waals surface area contributed by atoms with E-state index in [0.29, 0.717) is 6.42 Å². The molecular weight excluding hydrogens is 384 g/mol. The fourth-order valence-corrected chi connectivity index (χ4v) is 3.28. The number of ether oxygens (including phenoxy) is 2. The molecule has 2 atom stereocenters. The number of carbonyl (C=O) groups is 3. The van der Waals surface area contributed by atoms with Crippen LogP contribution in [-0.4, -0.2) is 41.7 Å². The lowest BCUT2D eigenvalue weighted by Crippen LogP contribution is -2.53. The minimum atomic E-state index is -0.832. The van der Waals surface area contributed by atoms with Crippen molar-refractivity contribution in [1.29, 1.82) is 0 Å². The molecule has 1 saturated heterocycles. The number of hydrogen-bond acceptors (Lipinski definition) is 5. The average molecular weight is 410 g/mol. The highest BCUT2D eigenvalue weighted by atomic mass is 16.6. The van der Waals surface area contributed by atoms with E-state index < -0.39 is 24.1 Å². The molecule has 0 aliphatic carbocycles. The lowest BCUT2D eigenvalue weighted by molar-refractivity contribution is -0.139. The van der Waals surface area contributed by atoms with Crippen LogP contribution < -0.4 is 5.32 Å². The first-order valence-electron chi connectivity index (χ1n) is 9.94. The van der Waals surface area contributed by atoms with E-state index in [1.165, 1.54) is 4.90 Å². The molecule has 2 aromatic carbocycles. The van der Waals surface area contributed by atoms with Crippen molar-refractivity contribution in [3.63, 3.8) is 0 Å². The van der Waals surface area contributed by atoms with Gasteiger partial charge in [-0.05, 0) is 17.0 Å². The molecule has 2 aromatic rings. The molecule has 7 heteroatoms. The Labute approximate surface area is 176 Å². The number of hydrogen-bond donors (Lipinski definition) is 1. The second-order valence-corrected chi connectivity index (χ2v) is 7.53. The van der Waals surface area contributed by atoms with Crippen molar-refractivity contribution in [3.05, 3.63) is 71.8 Å². The Morgan fingerprint density at radius 1 is 1.07 bits per heavy atom.